The predicted molar refractivity (Wildman–Crippen MR) is 78.1 cm³/mol. The quantitative estimate of drug-likeness (QED) is 0.858. The summed E-state index contributed by atoms with van der Waals surface area (Å²) in [5.41, 5.74) is -1.08. The van der Waals surface area contributed by atoms with Crippen molar-refractivity contribution in [2.75, 3.05) is 13.1 Å². The standard InChI is InChI=1S/C16H20F4N2O/c1-2-22-8-4-3-5-14(22)15(23)21-10-11-9-12(16(18,19)20)6-7-13(11)17/h6-7,9,14H,2-5,8,10H2,1H3,(H,21,23)/t14-/m1/s1. The Morgan fingerprint density at radius 2 is 2.09 bits per heavy atom. The average molecular weight is 332 g/mol. The molecule has 1 heterocycles. The molecule has 0 radical (unpaired) electrons. The van der Waals surface area contributed by atoms with Crippen molar-refractivity contribution in [3.05, 3.63) is 35.1 Å². The van der Waals surface area contributed by atoms with Gasteiger partial charge in [-0.15, -0.1) is 0 Å². The van der Waals surface area contributed by atoms with Crippen LogP contribution in [0, 0.1) is 5.82 Å². The van der Waals surface area contributed by atoms with E-state index in [9.17, 15) is 22.4 Å². The molecule has 0 bridgehead atoms. The van der Waals surface area contributed by atoms with Gasteiger partial charge >= 0.3 is 6.18 Å². The molecule has 7 heteroatoms. The fraction of sp³-hybridized carbons (Fsp3) is 0.562. The Bertz CT molecular complexity index is 560. The second-order valence-corrected chi connectivity index (χ2v) is 5.66. The summed E-state index contributed by atoms with van der Waals surface area (Å²) in [5.74, 6) is -1.02. The summed E-state index contributed by atoms with van der Waals surface area (Å²) in [6.45, 7) is 3.27. The molecule has 23 heavy (non-hydrogen) atoms. The van der Waals surface area contributed by atoms with Crippen molar-refractivity contribution in [3.8, 4) is 0 Å². The van der Waals surface area contributed by atoms with E-state index in [0.29, 0.717) is 12.5 Å². The number of likely N-dealkylation sites (tertiary alicyclic amines) is 1. The predicted octanol–water partition coefficient (Wildman–Crippen LogP) is 3.34. The molecule has 1 aliphatic heterocycles. The third-order valence-corrected chi connectivity index (χ3v) is 4.15. The number of halogens is 4. The first-order valence-electron chi connectivity index (χ1n) is 7.70. The van der Waals surface area contributed by atoms with Gasteiger partial charge in [-0.1, -0.05) is 13.3 Å². The molecule has 0 aliphatic carbocycles. The molecule has 1 saturated heterocycles. The molecule has 0 aromatic heterocycles. The normalized spacial score (nSPS) is 19.6. The first-order chi connectivity index (χ1) is 10.8. The lowest BCUT2D eigenvalue weighted by Crippen LogP contribution is -2.49. The average Bonchev–Trinajstić information content (AvgIpc) is 2.52. The van der Waals surface area contributed by atoms with Gasteiger partial charge in [0.1, 0.15) is 5.82 Å². The van der Waals surface area contributed by atoms with Gasteiger partial charge in [0.2, 0.25) is 5.91 Å². The van der Waals surface area contributed by atoms with E-state index in [0.717, 1.165) is 38.1 Å². The SMILES string of the molecule is CCN1CCCC[C@@H]1C(=O)NCc1cc(C(F)(F)F)ccc1F. The molecule has 2 rings (SSSR count). The van der Waals surface area contributed by atoms with Crippen molar-refractivity contribution in [1.29, 1.82) is 0 Å². The number of hydrogen-bond donors (Lipinski definition) is 1. The van der Waals surface area contributed by atoms with Crippen molar-refractivity contribution >= 4 is 5.91 Å². The number of benzene rings is 1. The molecule has 0 unspecified atom stereocenters. The molecule has 0 saturated carbocycles. The number of alkyl halides is 3. The number of rotatable bonds is 4. The summed E-state index contributed by atoms with van der Waals surface area (Å²) < 4.78 is 51.7. The molecule has 1 aliphatic rings. The minimum atomic E-state index is -4.53. The summed E-state index contributed by atoms with van der Waals surface area (Å²) in [6, 6.07) is 1.93. The van der Waals surface area contributed by atoms with E-state index in [4.69, 9.17) is 0 Å². The van der Waals surface area contributed by atoms with Crippen molar-refractivity contribution < 1.29 is 22.4 Å². The number of carbonyl (C=O) groups excluding carboxylic acids is 1. The van der Waals surface area contributed by atoms with E-state index in [1.807, 2.05) is 11.8 Å². The minimum Gasteiger partial charge on any atom is -0.351 e. The highest BCUT2D eigenvalue weighted by atomic mass is 19.4. The van der Waals surface area contributed by atoms with Gasteiger partial charge in [-0.2, -0.15) is 13.2 Å². The zero-order valence-corrected chi connectivity index (χ0v) is 12.9. The van der Waals surface area contributed by atoms with Crippen LogP contribution in [0.3, 0.4) is 0 Å². The van der Waals surface area contributed by atoms with E-state index in [1.54, 1.807) is 0 Å². The molecule has 1 fully saturated rings. The third-order valence-electron chi connectivity index (χ3n) is 4.15. The number of carbonyl (C=O) groups is 1. The lowest BCUT2D eigenvalue weighted by molar-refractivity contribution is -0.137. The van der Waals surface area contributed by atoms with Crippen LogP contribution in [0.2, 0.25) is 0 Å². The largest absolute Gasteiger partial charge is 0.416 e. The Balaban J connectivity index is 2.04. The maximum atomic E-state index is 13.7. The smallest absolute Gasteiger partial charge is 0.351 e. The topological polar surface area (TPSA) is 32.3 Å². The van der Waals surface area contributed by atoms with Gasteiger partial charge < -0.3 is 5.32 Å². The van der Waals surface area contributed by atoms with Gasteiger partial charge in [-0.3, -0.25) is 9.69 Å². The fourth-order valence-electron chi connectivity index (χ4n) is 2.85. The summed E-state index contributed by atoms with van der Waals surface area (Å²) in [5, 5.41) is 2.56. The summed E-state index contributed by atoms with van der Waals surface area (Å²) in [7, 11) is 0. The maximum Gasteiger partial charge on any atom is 0.416 e. The lowest BCUT2D eigenvalue weighted by atomic mass is 10.0. The van der Waals surface area contributed by atoms with Crippen LogP contribution in [0.15, 0.2) is 18.2 Å². The number of hydrogen-bond acceptors (Lipinski definition) is 2. The maximum absolute atomic E-state index is 13.7. The first-order valence-corrected chi connectivity index (χ1v) is 7.70. The van der Waals surface area contributed by atoms with Gasteiger partial charge in [0.25, 0.3) is 0 Å². The molecule has 128 valence electrons. The monoisotopic (exact) mass is 332 g/mol. The summed E-state index contributed by atoms with van der Waals surface area (Å²) in [6.07, 6.45) is -1.86. The van der Waals surface area contributed by atoms with Gasteiger partial charge in [0, 0.05) is 12.1 Å². The molecule has 1 atom stereocenters. The zero-order chi connectivity index (χ0) is 17.0. The highest BCUT2D eigenvalue weighted by Gasteiger charge is 2.31. The highest BCUT2D eigenvalue weighted by molar-refractivity contribution is 5.81. The Morgan fingerprint density at radius 3 is 2.74 bits per heavy atom. The van der Waals surface area contributed by atoms with Crippen molar-refractivity contribution in [1.82, 2.24) is 10.2 Å². The van der Waals surface area contributed by atoms with E-state index in [2.05, 4.69) is 5.32 Å². The van der Waals surface area contributed by atoms with Crippen LogP contribution in [-0.4, -0.2) is 29.9 Å². The number of amides is 1. The molecular weight excluding hydrogens is 312 g/mol. The van der Waals surface area contributed by atoms with E-state index < -0.39 is 17.6 Å². The number of nitrogens with zero attached hydrogens (tertiary/aromatic N) is 1. The van der Waals surface area contributed by atoms with Crippen molar-refractivity contribution in [3.63, 3.8) is 0 Å². The molecule has 0 spiro atoms. The molecule has 1 aromatic rings. The second-order valence-electron chi connectivity index (χ2n) is 5.66. The summed E-state index contributed by atoms with van der Waals surface area (Å²) >= 11 is 0. The van der Waals surface area contributed by atoms with Crippen LogP contribution < -0.4 is 5.32 Å². The van der Waals surface area contributed by atoms with Gasteiger partial charge in [0.05, 0.1) is 11.6 Å². The number of likely N-dealkylation sites (N-methyl/N-ethyl adjacent to an activating group) is 1. The van der Waals surface area contributed by atoms with E-state index in [1.165, 1.54) is 0 Å². The van der Waals surface area contributed by atoms with Crippen LogP contribution in [0.5, 0.6) is 0 Å². The Labute approximate surface area is 132 Å². The summed E-state index contributed by atoms with van der Waals surface area (Å²) in [4.78, 5) is 14.3. The molecule has 1 aromatic carbocycles. The second kappa shape index (κ2) is 7.29. The molecule has 1 amide bonds. The van der Waals surface area contributed by atoms with Gasteiger partial charge in [0.15, 0.2) is 0 Å². The van der Waals surface area contributed by atoms with Crippen LogP contribution in [0.25, 0.3) is 0 Å². The van der Waals surface area contributed by atoms with Crippen LogP contribution in [-0.2, 0) is 17.5 Å². The molecular formula is C16H20F4N2O. The molecule has 1 N–H and O–H groups in total. The minimum absolute atomic E-state index is 0.160. The van der Waals surface area contributed by atoms with E-state index >= 15 is 0 Å². The lowest BCUT2D eigenvalue weighted by Gasteiger charge is -2.33. The van der Waals surface area contributed by atoms with Crippen LogP contribution in [0.1, 0.15) is 37.3 Å². The fourth-order valence-corrected chi connectivity index (χ4v) is 2.85. The van der Waals surface area contributed by atoms with Crippen LogP contribution in [0.4, 0.5) is 17.6 Å². The number of piperidine rings is 1. The first kappa shape index (κ1) is 17.7. The zero-order valence-electron chi connectivity index (χ0n) is 12.9. The number of nitrogens with one attached hydrogen (secondary N) is 1. The third kappa shape index (κ3) is 4.43. The van der Waals surface area contributed by atoms with Crippen molar-refractivity contribution in [2.45, 2.75) is 44.9 Å². The molecule has 3 nitrogen and oxygen atoms in total. The Kier molecular flexibility index (Phi) is 5.62. The Hall–Kier alpha value is -1.63. The van der Waals surface area contributed by atoms with E-state index in [-0.39, 0.29) is 24.1 Å². The van der Waals surface area contributed by atoms with Crippen molar-refractivity contribution in [2.24, 2.45) is 0 Å². The van der Waals surface area contributed by atoms with Crippen LogP contribution >= 0.6 is 0 Å². The van der Waals surface area contributed by atoms with Gasteiger partial charge in [-0.05, 0) is 44.1 Å². The van der Waals surface area contributed by atoms with Gasteiger partial charge in [-0.25, -0.2) is 4.39 Å². The Morgan fingerprint density at radius 1 is 1.35 bits per heavy atom. The highest BCUT2D eigenvalue weighted by Crippen LogP contribution is 2.30.